The van der Waals surface area contributed by atoms with Gasteiger partial charge in [-0.2, -0.15) is 0 Å². The highest BCUT2D eigenvalue weighted by Gasteiger charge is 2.20. The van der Waals surface area contributed by atoms with Crippen molar-refractivity contribution in [3.05, 3.63) is 58.6 Å². The van der Waals surface area contributed by atoms with Crippen LogP contribution in [0, 0.1) is 5.82 Å². The number of aromatic amines is 2. The van der Waals surface area contributed by atoms with E-state index in [0.29, 0.717) is 16.6 Å². The van der Waals surface area contributed by atoms with Gasteiger partial charge in [0, 0.05) is 22.0 Å². The molecule has 0 unspecified atom stereocenters. The minimum Gasteiger partial charge on any atom is -0.494 e. The Balaban J connectivity index is 2.19. The fourth-order valence-electron chi connectivity index (χ4n) is 3.03. The summed E-state index contributed by atoms with van der Waals surface area (Å²) in [6.45, 7) is 0. The molecule has 4 N–H and O–H groups in total. The van der Waals surface area contributed by atoms with Crippen molar-refractivity contribution in [1.29, 1.82) is 0 Å². The van der Waals surface area contributed by atoms with E-state index < -0.39 is 11.4 Å². The highest BCUT2D eigenvalue weighted by molar-refractivity contribution is 6.11. The van der Waals surface area contributed by atoms with E-state index in [1.165, 1.54) is 13.2 Å². The summed E-state index contributed by atoms with van der Waals surface area (Å²) in [6, 6.07) is 12.3. The minimum atomic E-state index is -0.558. The molecule has 0 spiro atoms. The van der Waals surface area contributed by atoms with Crippen molar-refractivity contribution in [3.8, 4) is 16.9 Å². The van der Waals surface area contributed by atoms with Gasteiger partial charge >= 0.3 is 0 Å². The topological polar surface area (TPSA) is 83.9 Å². The lowest BCUT2D eigenvalue weighted by atomic mass is 10.0. The van der Waals surface area contributed by atoms with Gasteiger partial charge in [-0.3, -0.25) is 4.79 Å². The van der Waals surface area contributed by atoms with Crippen LogP contribution in [0.3, 0.4) is 0 Å². The standard InChI is InChI=1S/C18H14FN3O2/c1-24-12-8-4-6-10(14(12)19)13-15(20)18(23)22-16-9-5-2-3-7-11(9)21-17(13)16/h2-8,21H,20H2,1H3,(H,22,23). The highest BCUT2D eigenvalue weighted by atomic mass is 19.1. The van der Waals surface area contributed by atoms with Crippen LogP contribution in [0.25, 0.3) is 33.1 Å². The number of hydrogen-bond donors (Lipinski definition) is 3. The second-order valence-electron chi connectivity index (χ2n) is 5.49. The number of fused-ring (bicyclic) bond motifs is 3. The Labute approximate surface area is 135 Å². The molecule has 0 fully saturated rings. The molecule has 24 heavy (non-hydrogen) atoms. The maximum Gasteiger partial charge on any atom is 0.272 e. The van der Waals surface area contributed by atoms with Crippen molar-refractivity contribution in [2.24, 2.45) is 0 Å². The fourth-order valence-corrected chi connectivity index (χ4v) is 3.03. The molecular weight excluding hydrogens is 309 g/mol. The molecule has 5 nitrogen and oxygen atoms in total. The molecule has 0 aliphatic rings. The van der Waals surface area contributed by atoms with Crippen LogP contribution in [-0.2, 0) is 0 Å². The number of benzene rings is 2. The smallest absolute Gasteiger partial charge is 0.272 e. The van der Waals surface area contributed by atoms with Crippen molar-refractivity contribution in [1.82, 2.24) is 9.97 Å². The number of ether oxygens (including phenoxy) is 1. The monoisotopic (exact) mass is 323 g/mol. The number of nitrogens with two attached hydrogens (primary N) is 1. The second-order valence-corrected chi connectivity index (χ2v) is 5.49. The zero-order valence-corrected chi connectivity index (χ0v) is 12.8. The number of halogens is 1. The molecule has 0 atom stereocenters. The lowest BCUT2D eigenvalue weighted by molar-refractivity contribution is 0.387. The average molecular weight is 323 g/mol. The number of rotatable bonds is 2. The maximum absolute atomic E-state index is 14.7. The van der Waals surface area contributed by atoms with Crippen molar-refractivity contribution >= 4 is 27.6 Å². The number of aromatic nitrogens is 2. The molecule has 120 valence electrons. The minimum absolute atomic E-state index is 0.0405. The molecule has 4 aromatic rings. The normalized spacial score (nSPS) is 11.2. The maximum atomic E-state index is 14.7. The summed E-state index contributed by atoms with van der Waals surface area (Å²) in [6.07, 6.45) is 0. The van der Waals surface area contributed by atoms with Crippen LogP contribution in [0.2, 0.25) is 0 Å². The molecule has 0 radical (unpaired) electrons. The van der Waals surface area contributed by atoms with Gasteiger partial charge in [0.2, 0.25) is 0 Å². The molecule has 0 amide bonds. The number of para-hydroxylation sites is 1. The third kappa shape index (κ3) is 1.89. The first-order chi connectivity index (χ1) is 11.6. The predicted octanol–water partition coefficient (Wildman–Crippen LogP) is 3.41. The summed E-state index contributed by atoms with van der Waals surface area (Å²) in [4.78, 5) is 18.3. The third-order valence-electron chi connectivity index (χ3n) is 4.16. The quantitative estimate of drug-likeness (QED) is 0.528. The summed E-state index contributed by atoms with van der Waals surface area (Å²) in [5.74, 6) is -0.464. The summed E-state index contributed by atoms with van der Waals surface area (Å²) >= 11 is 0. The van der Waals surface area contributed by atoms with E-state index >= 15 is 0 Å². The zero-order valence-electron chi connectivity index (χ0n) is 12.8. The number of H-pyrrole nitrogens is 2. The lowest BCUT2D eigenvalue weighted by Gasteiger charge is -2.10. The number of methoxy groups -OCH3 is 1. The van der Waals surface area contributed by atoms with Crippen molar-refractivity contribution in [2.75, 3.05) is 12.8 Å². The summed E-state index contributed by atoms with van der Waals surface area (Å²) in [5, 5.41) is 0.842. The number of nitrogen functional groups attached to an aromatic ring is 1. The SMILES string of the molecule is COc1cccc(-c2c(N)c(=O)[nH]c3c2[nH]c2ccccc23)c1F. The molecule has 0 aliphatic carbocycles. The van der Waals surface area contributed by atoms with Crippen LogP contribution in [0.4, 0.5) is 10.1 Å². The van der Waals surface area contributed by atoms with Crippen LogP contribution in [-0.4, -0.2) is 17.1 Å². The molecule has 0 bridgehead atoms. The summed E-state index contributed by atoms with van der Waals surface area (Å²) in [7, 11) is 1.39. The van der Waals surface area contributed by atoms with Gasteiger partial charge in [0.25, 0.3) is 5.56 Å². The van der Waals surface area contributed by atoms with Gasteiger partial charge < -0.3 is 20.4 Å². The molecule has 2 aromatic carbocycles. The van der Waals surface area contributed by atoms with Crippen LogP contribution in [0.1, 0.15) is 0 Å². The fraction of sp³-hybridized carbons (Fsp3) is 0.0556. The highest BCUT2D eigenvalue weighted by Crippen LogP contribution is 2.37. The first-order valence-electron chi connectivity index (χ1n) is 7.37. The molecule has 0 saturated heterocycles. The van der Waals surface area contributed by atoms with Crippen molar-refractivity contribution < 1.29 is 9.13 Å². The predicted molar refractivity (Wildman–Crippen MR) is 92.8 cm³/mol. The summed E-state index contributed by atoms with van der Waals surface area (Å²) in [5.41, 5.74) is 8.06. The van der Waals surface area contributed by atoms with E-state index in [2.05, 4.69) is 9.97 Å². The van der Waals surface area contributed by atoms with Gasteiger partial charge in [0.1, 0.15) is 5.69 Å². The van der Waals surface area contributed by atoms with Crippen LogP contribution in [0.15, 0.2) is 47.3 Å². The van der Waals surface area contributed by atoms with Gasteiger partial charge in [0.15, 0.2) is 11.6 Å². The largest absolute Gasteiger partial charge is 0.494 e. The first kappa shape index (κ1) is 14.3. The van der Waals surface area contributed by atoms with Gasteiger partial charge in [-0.25, -0.2) is 4.39 Å². The Hall–Kier alpha value is -3.28. The Morgan fingerprint density at radius 1 is 1.04 bits per heavy atom. The molecule has 0 aliphatic heterocycles. The number of nitrogens with one attached hydrogen (secondary N) is 2. The van der Waals surface area contributed by atoms with Crippen molar-refractivity contribution in [3.63, 3.8) is 0 Å². The average Bonchev–Trinajstić information content (AvgIpc) is 2.95. The zero-order chi connectivity index (χ0) is 16.8. The van der Waals surface area contributed by atoms with Gasteiger partial charge in [-0.15, -0.1) is 0 Å². The Kier molecular flexibility index (Phi) is 3.06. The summed E-state index contributed by atoms with van der Waals surface area (Å²) < 4.78 is 19.8. The van der Waals surface area contributed by atoms with Crippen LogP contribution < -0.4 is 16.0 Å². The first-order valence-corrected chi connectivity index (χ1v) is 7.37. The van der Waals surface area contributed by atoms with Crippen LogP contribution >= 0.6 is 0 Å². The van der Waals surface area contributed by atoms with E-state index in [-0.39, 0.29) is 17.0 Å². The van der Waals surface area contributed by atoms with Crippen molar-refractivity contribution in [2.45, 2.75) is 0 Å². The molecule has 4 rings (SSSR count). The van der Waals surface area contributed by atoms with E-state index in [1.807, 2.05) is 24.3 Å². The van der Waals surface area contributed by atoms with Gasteiger partial charge in [-0.05, 0) is 12.1 Å². The Morgan fingerprint density at radius 2 is 1.83 bits per heavy atom. The molecule has 2 aromatic heterocycles. The molecule has 2 heterocycles. The van der Waals surface area contributed by atoms with Gasteiger partial charge in [0.05, 0.1) is 18.1 Å². The molecule has 0 saturated carbocycles. The number of hydrogen-bond acceptors (Lipinski definition) is 3. The second kappa shape index (κ2) is 5.13. The van der Waals surface area contributed by atoms with E-state index in [9.17, 15) is 9.18 Å². The molecular formula is C18H14FN3O2. The number of pyridine rings is 1. The lowest BCUT2D eigenvalue weighted by Crippen LogP contribution is -2.13. The molecule has 6 heteroatoms. The number of anilines is 1. The van der Waals surface area contributed by atoms with Gasteiger partial charge in [-0.1, -0.05) is 30.3 Å². The van der Waals surface area contributed by atoms with E-state index in [4.69, 9.17) is 10.5 Å². The Bertz CT molecular complexity index is 1140. The van der Waals surface area contributed by atoms with E-state index in [1.54, 1.807) is 12.1 Å². The Morgan fingerprint density at radius 3 is 2.62 bits per heavy atom. The third-order valence-corrected chi connectivity index (χ3v) is 4.16. The van der Waals surface area contributed by atoms with Crippen LogP contribution in [0.5, 0.6) is 5.75 Å². The van der Waals surface area contributed by atoms with E-state index in [0.717, 1.165) is 10.9 Å².